The molecule has 2 aromatic rings. The molecule has 0 bridgehead atoms. The fourth-order valence-corrected chi connectivity index (χ4v) is 2.59. The van der Waals surface area contributed by atoms with Gasteiger partial charge in [0.2, 0.25) is 0 Å². The van der Waals surface area contributed by atoms with E-state index >= 15 is 0 Å². The average molecular weight is 368 g/mol. The molecule has 6 nitrogen and oxygen atoms in total. The van der Waals surface area contributed by atoms with E-state index in [0.29, 0.717) is 25.7 Å². The first-order valence-corrected chi connectivity index (χ1v) is 9.06. The Bertz CT molecular complexity index is 740. The Balaban J connectivity index is 1.67. The zero-order valence-corrected chi connectivity index (χ0v) is 16.2. The number of urea groups is 1. The zero-order chi connectivity index (χ0) is 19.5. The van der Waals surface area contributed by atoms with Crippen molar-refractivity contribution < 1.29 is 9.53 Å². The van der Waals surface area contributed by atoms with Gasteiger partial charge in [-0.25, -0.2) is 4.79 Å². The van der Waals surface area contributed by atoms with Gasteiger partial charge in [-0.2, -0.15) is 0 Å². The molecule has 0 saturated heterocycles. The number of hydrogen-bond acceptors (Lipinski definition) is 3. The number of nitrogens with zero attached hydrogens (tertiary/aromatic N) is 1. The number of amides is 2. The number of ether oxygens (including phenoxy) is 1. The van der Waals surface area contributed by atoms with Gasteiger partial charge in [0, 0.05) is 25.9 Å². The lowest BCUT2D eigenvalue weighted by Gasteiger charge is -2.14. The van der Waals surface area contributed by atoms with Gasteiger partial charge < -0.3 is 15.4 Å². The maximum absolute atomic E-state index is 12.2. The molecule has 0 saturated carbocycles. The summed E-state index contributed by atoms with van der Waals surface area (Å²) < 4.78 is 5.64. The quantitative estimate of drug-likeness (QED) is 0.397. The molecule has 2 amide bonds. The number of benzene rings is 2. The lowest BCUT2D eigenvalue weighted by Crippen LogP contribution is -2.43. The van der Waals surface area contributed by atoms with Crippen molar-refractivity contribution in [3.63, 3.8) is 0 Å². The van der Waals surface area contributed by atoms with Crippen molar-refractivity contribution in [1.29, 1.82) is 0 Å². The molecule has 0 aromatic heterocycles. The summed E-state index contributed by atoms with van der Waals surface area (Å²) in [5, 5.41) is 8.72. The van der Waals surface area contributed by atoms with Crippen LogP contribution in [0.25, 0.3) is 0 Å². The number of hydrogen-bond donors (Lipinski definition) is 3. The molecule has 2 rings (SSSR count). The number of nitrogens with one attached hydrogen (secondary N) is 3. The van der Waals surface area contributed by atoms with Crippen molar-refractivity contribution >= 4 is 17.7 Å². The maximum Gasteiger partial charge on any atom is 0.326 e. The molecule has 3 N–H and O–H groups in total. The molecule has 0 heterocycles. The lowest BCUT2D eigenvalue weighted by atomic mass is 10.1. The molecule has 0 atom stereocenters. The summed E-state index contributed by atoms with van der Waals surface area (Å²) in [6.07, 6.45) is 0.812. The monoisotopic (exact) mass is 368 g/mol. The third-order valence-corrected chi connectivity index (χ3v) is 4.04. The van der Waals surface area contributed by atoms with Gasteiger partial charge in [-0.1, -0.05) is 48.5 Å². The summed E-state index contributed by atoms with van der Waals surface area (Å²) in [5.74, 6) is 0.432. The van der Waals surface area contributed by atoms with Crippen LogP contribution in [0.2, 0.25) is 0 Å². The molecular formula is C21H28N4O2. The number of para-hydroxylation sites is 1. The van der Waals surface area contributed by atoms with Gasteiger partial charge in [-0.05, 0) is 37.0 Å². The SMILES string of the molecule is CN=C(NCCCOCc1ccccc1)NC(=O)Nc1c(C)cccc1C. The first-order valence-electron chi connectivity index (χ1n) is 9.06. The summed E-state index contributed by atoms with van der Waals surface area (Å²) in [5.41, 5.74) is 4.01. The Hall–Kier alpha value is -2.86. The first-order chi connectivity index (χ1) is 13.1. The van der Waals surface area contributed by atoms with Crippen molar-refractivity contribution in [2.75, 3.05) is 25.5 Å². The van der Waals surface area contributed by atoms with Crippen LogP contribution in [0.3, 0.4) is 0 Å². The van der Waals surface area contributed by atoms with Gasteiger partial charge in [0.25, 0.3) is 0 Å². The molecule has 0 aliphatic heterocycles. The van der Waals surface area contributed by atoms with E-state index in [1.807, 2.05) is 62.4 Å². The number of carbonyl (C=O) groups excluding carboxylic acids is 1. The standard InChI is InChI=1S/C21H28N4O2/c1-16-9-7-10-17(2)19(16)24-21(26)25-20(22-3)23-13-8-14-27-15-18-11-5-4-6-12-18/h4-7,9-12H,8,13-15H2,1-3H3,(H3,22,23,24,25,26). The van der Waals surface area contributed by atoms with E-state index in [9.17, 15) is 4.79 Å². The third-order valence-electron chi connectivity index (χ3n) is 4.04. The molecule has 0 radical (unpaired) electrons. The molecular weight excluding hydrogens is 340 g/mol. The third kappa shape index (κ3) is 7.11. The van der Waals surface area contributed by atoms with E-state index in [4.69, 9.17) is 4.74 Å². The number of anilines is 1. The molecule has 2 aromatic carbocycles. The van der Waals surface area contributed by atoms with Crippen LogP contribution in [0.5, 0.6) is 0 Å². The second kappa shape index (κ2) is 11.0. The molecule has 144 valence electrons. The fraction of sp³-hybridized carbons (Fsp3) is 0.333. The number of aryl methyl sites for hydroxylation is 2. The molecule has 0 unspecified atom stereocenters. The summed E-state index contributed by atoms with van der Waals surface area (Å²) >= 11 is 0. The molecule has 27 heavy (non-hydrogen) atoms. The Morgan fingerprint density at radius 2 is 1.74 bits per heavy atom. The van der Waals surface area contributed by atoms with Crippen molar-refractivity contribution in [1.82, 2.24) is 10.6 Å². The van der Waals surface area contributed by atoms with Crippen LogP contribution in [0.1, 0.15) is 23.1 Å². The summed E-state index contributed by atoms with van der Waals surface area (Å²) in [6, 6.07) is 15.6. The zero-order valence-electron chi connectivity index (χ0n) is 16.2. The highest BCUT2D eigenvalue weighted by molar-refractivity contribution is 6.02. The van der Waals surface area contributed by atoms with Gasteiger partial charge in [0.1, 0.15) is 0 Å². The number of guanidine groups is 1. The highest BCUT2D eigenvalue weighted by Gasteiger charge is 2.09. The Labute approximate surface area is 161 Å². The predicted octanol–water partition coefficient (Wildman–Crippen LogP) is 3.61. The van der Waals surface area contributed by atoms with Gasteiger partial charge in [-0.15, -0.1) is 0 Å². The molecule has 0 aliphatic rings. The smallest absolute Gasteiger partial charge is 0.326 e. The largest absolute Gasteiger partial charge is 0.377 e. The van der Waals surface area contributed by atoms with Crippen LogP contribution < -0.4 is 16.0 Å². The number of carbonyl (C=O) groups is 1. The van der Waals surface area contributed by atoms with E-state index in [2.05, 4.69) is 20.9 Å². The first kappa shape index (κ1) is 20.5. The summed E-state index contributed by atoms with van der Waals surface area (Å²) in [7, 11) is 1.63. The summed E-state index contributed by atoms with van der Waals surface area (Å²) in [6.45, 7) is 5.82. The van der Waals surface area contributed by atoms with Crippen molar-refractivity contribution in [2.45, 2.75) is 26.9 Å². The lowest BCUT2D eigenvalue weighted by molar-refractivity contribution is 0.119. The van der Waals surface area contributed by atoms with Gasteiger partial charge in [0.05, 0.1) is 6.61 Å². The molecule has 0 aliphatic carbocycles. The Morgan fingerprint density at radius 1 is 1.04 bits per heavy atom. The maximum atomic E-state index is 12.2. The molecule has 6 heteroatoms. The van der Waals surface area contributed by atoms with Crippen LogP contribution in [0.15, 0.2) is 53.5 Å². The van der Waals surface area contributed by atoms with Gasteiger partial charge in [0.15, 0.2) is 5.96 Å². The topological polar surface area (TPSA) is 74.8 Å². The second-order valence-electron chi connectivity index (χ2n) is 6.24. The predicted molar refractivity (Wildman–Crippen MR) is 110 cm³/mol. The summed E-state index contributed by atoms with van der Waals surface area (Å²) in [4.78, 5) is 16.3. The van der Waals surface area contributed by atoms with Crippen molar-refractivity contribution in [3.05, 3.63) is 65.2 Å². The Kier molecular flexibility index (Phi) is 8.32. The minimum atomic E-state index is -0.319. The van der Waals surface area contributed by atoms with Gasteiger partial charge in [-0.3, -0.25) is 10.3 Å². The van der Waals surface area contributed by atoms with Crippen LogP contribution in [0, 0.1) is 13.8 Å². The minimum absolute atomic E-state index is 0.319. The fourth-order valence-electron chi connectivity index (χ4n) is 2.59. The van der Waals surface area contributed by atoms with E-state index < -0.39 is 0 Å². The van der Waals surface area contributed by atoms with Crippen LogP contribution in [0.4, 0.5) is 10.5 Å². The highest BCUT2D eigenvalue weighted by Crippen LogP contribution is 2.18. The van der Waals surface area contributed by atoms with E-state index in [-0.39, 0.29) is 6.03 Å². The normalized spacial score (nSPS) is 11.1. The van der Waals surface area contributed by atoms with Gasteiger partial charge >= 0.3 is 6.03 Å². The average Bonchev–Trinajstić information content (AvgIpc) is 2.67. The van der Waals surface area contributed by atoms with Crippen molar-refractivity contribution in [3.8, 4) is 0 Å². The highest BCUT2D eigenvalue weighted by atomic mass is 16.5. The molecule has 0 spiro atoms. The Morgan fingerprint density at radius 3 is 2.41 bits per heavy atom. The second-order valence-corrected chi connectivity index (χ2v) is 6.24. The van der Waals surface area contributed by atoms with Crippen LogP contribution in [-0.4, -0.2) is 32.2 Å². The van der Waals surface area contributed by atoms with Crippen LogP contribution in [-0.2, 0) is 11.3 Å². The minimum Gasteiger partial charge on any atom is -0.377 e. The number of aliphatic imine (C=N–C) groups is 1. The van der Waals surface area contributed by atoms with Crippen molar-refractivity contribution in [2.24, 2.45) is 4.99 Å². The number of rotatable bonds is 7. The van der Waals surface area contributed by atoms with E-state index in [1.54, 1.807) is 7.05 Å². The van der Waals surface area contributed by atoms with E-state index in [0.717, 1.165) is 28.8 Å². The van der Waals surface area contributed by atoms with Crippen LogP contribution >= 0.6 is 0 Å². The molecule has 0 fully saturated rings. The van der Waals surface area contributed by atoms with E-state index in [1.165, 1.54) is 0 Å².